The van der Waals surface area contributed by atoms with Gasteiger partial charge in [-0.1, -0.05) is 59.0 Å². The summed E-state index contributed by atoms with van der Waals surface area (Å²) < 4.78 is 4.20. The number of aliphatic carboxylic acids is 1. The Kier molecular flexibility index (Phi) is 5.59. The second-order valence-corrected chi connectivity index (χ2v) is 9.29. The van der Waals surface area contributed by atoms with Gasteiger partial charge in [0.1, 0.15) is 4.70 Å². The number of benzene rings is 2. The zero-order valence-electron chi connectivity index (χ0n) is 16.2. The average molecular weight is 456 g/mol. The summed E-state index contributed by atoms with van der Waals surface area (Å²) in [6.45, 7) is 4.00. The highest BCUT2D eigenvalue weighted by molar-refractivity contribution is 7.99. The predicted octanol–water partition coefficient (Wildman–Crippen LogP) is 4.76. The molecular formula is C21H17N3O3S3. The molecule has 0 aliphatic carbocycles. The van der Waals surface area contributed by atoms with Gasteiger partial charge in [0.15, 0.2) is 14.8 Å². The Hall–Kier alpha value is -2.75. The molecule has 1 N–H and O–H groups in total. The first kappa shape index (κ1) is 20.5. The number of thiazole rings is 1. The third-order valence-corrected chi connectivity index (χ3v) is 6.78. The topological polar surface area (TPSA) is 77.1 Å². The zero-order chi connectivity index (χ0) is 21.4. The van der Waals surface area contributed by atoms with Crippen LogP contribution in [-0.2, 0) is 4.79 Å². The number of carboxylic acid groups (broad SMARTS) is 1. The van der Waals surface area contributed by atoms with Crippen molar-refractivity contribution in [2.75, 3.05) is 5.75 Å². The number of aromatic nitrogens is 3. The van der Waals surface area contributed by atoms with Gasteiger partial charge in [-0.15, -0.1) is 0 Å². The van der Waals surface area contributed by atoms with Gasteiger partial charge in [-0.2, -0.15) is 0 Å². The molecule has 4 rings (SSSR count). The lowest BCUT2D eigenvalue weighted by molar-refractivity contribution is -0.133. The lowest BCUT2D eigenvalue weighted by Crippen LogP contribution is -2.22. The minimum absolute atomic E-state index is 0.209. The van der Waals surface area contributed by atoms with Crippen molar-refractivity contribution in [1.82, 2.24) is 14.1 Å². The monoisotopic (exact) mass is 455 g/mol. The summed E-state index contributed by atoms with van der Waals surface area (Å²) >= 11 is 7.81. The van der Waals surface area contributed by atoms with E-state index in [9.17, 15) is 9.59 Å². The van der Waals surface area contributed by atoms with Crippen LogP contribution in [0.2, 0.25) is 0 Å². The number of para-hydroxylation sites is 1. The predicted molar refractivity (Wildman–Crippen MR) is 123 cm³/mol. The van der Waals surface area contributed by atoms with Crippen molar-refractivity contribution in [2.45, 2.75) is 19.0 Å². The number of thioether (sulfide) groups is 1. The third-order valence-electron chi connectivity index (χ3n) is 4.51. The quantitative estimate of drug-likeness (QED) is 0.266. The van der Waals surface area contributed by atoms with E-state index in [1.807, 2.05) is 50.2 Å². The first-order chi connectivity index (χ1) is 14.4. The van der Waals surface area contributed by atoms with Crippen LogP contribution in [0.3, 0.4) is 0 Å². The molecule has 2 aromatic heterocycles. The number of carboxylic acids is 1. The number of aryl methyl sites for hydroxylation is 2. The van der Waals surface area contributed by atoms with E-state index in [-0.39, 0.29) is 11.3 Å². The summed E-state index contributed by atoms with van der Waals surface area (Å²) in [6.07, 6.45) is 0. The molecule has 9 heteroatoms. The molecule has 0 fully saturated rings. The number of hydrogen-bond donors (Lipinski definition) is 1. The summed E-state index contributed by atoms with van der Waals surface area (Å²) in [6, 6.07) is 15.1. The zero-order valence-corrected chi connectivity index (χ0v) is 18.6. The van der Waals surface area contributed by atoms with Gasteiger partial charge >= 0.3 is 5.97 Å². The van der Waals surface area contributed by atoms with Crippen LogP contribution in [0.4, 0.5) is 0 Å². The normalized spacial score (nSPS) is 11.1. The molecule has 0 unspecified atom stereocenters. The Morgan fingerprint density at radius 1 is 1.17 bits per heavy atom. The van der Waals surface area contributed by atoms with Crippen molar-refractivity contribution >= 4 is 51.6 Å². The van der Waals surface area contributed by atoms with Gasteiger partial charge in [-0.05, 0) is 49.8 Å². The van der Waals surface area contributed by atoms with Crippen LogP contribution in [0, 0.1) is 17.8 Å². The summed E-state index contributed by atoms with van der Waals surface area (Å²) in [5, 5.41) is 9.47. The Bertz CT molecular complexity index is 1390. The second kappa shape index (κ2) is 8.17. The summed E-state index contributed by atoms with van der Waals surface area (Å²) in [4.78, 5) is 29.3. The Morgan fingerprint density at radius 3 is 2.57 bits per heavy atom. The van der Waals surface area contributed by atoms with Gasteiger partial charge in [-0.3, -0.25) is 18.7 Å². The van der Waals surface area contributed by atoms with Crippen molar-refractivity contribution < 1.29 is 9.90 Å². The molecule has 4 aromatic rings. The first-order valence-electron chi connectivity index (χ1n) is 9.03. The molecule has 0 spiro atoms. The number of carbonyl (C=O) groups is 1. The summed E-state index contributed by atoms with van der Waals surface area (Å²) in [5.41, 5.74) is 3.80. The van der Waals surface area contributed by atoms with Gasteiger partial charge in [0.25, 0.3) is 5.56 Å². The second-order valence-electron chi connectivity index (χ2n) is 6.70. The fourth-order valence-electron chi connectivity index (χ4n) is 3.23. The van der Waals surface area contributed by atoms with E-state index in [1.165, 1.54) is 15.9 Å². The van der Waals surface area contributed by atoms with E-state index < -0.39 is 5.97 Å². The summed E-state index contributed by atoms with van der Waals surface area (Å²) in [7, 11) is 0. The SMILES string of the molecule is Cc1ccc(-n2c(=S)sc3c(=O)n(-c4ccccc4)c(SCC(=O)O)nc32)c(C)c1. The lowest BCUT2D eigenvalue weighted by Gasteiger charge is -2.13. The number of fused-ring (bicyclic) bond motifs is 1. The van der Waals surface area contributed by atoms with E-state index in [1.54, 1.807) is 16.7 Å². The van der Waals surface area contributed by atoms with Crippen LogP contribution in [0.15, 0.2) is 58.5 Å². The molecular weight excluding hydrogens is 438 g/mol. The minimum Gasteiger partial charge on any atom is -0.481 e. The maximum Gasteiger partial charge on any atom is 0.313 e. The molecule has 0 bridgehead atoms. The fourth-order valence-corrected chi connectivity index (χ4v) is 5.25. The van der Waals surface area contributed by atoms with Crippen LogP contribution >= 0.6 is 35.3 Å². The Balaban J connectivity index is 2.04. The average Bonchev–Trinajstić information content (AvgIpc) is 3.03. The van der Waals surface area contributed by atoms with Gasteiger partial charge in [0, 0.05) is 0 Å². The fraction of sp³-hybridized carbons (Fsp3) is 0.143. The standard InChI is InChI=1S/C21H17N3O3S3/c1-12-8-9-15(13(2)10-12)24-18-17(30-21(24)28)19(27)23(14-6-4-3-5-7-14)20(22-18)29-11-16(25)26/h3-10H,11H2,1-2H3,(H,25,26). The van der Waals surface area contributed by atoms with E-state index in [0.29, 0.717) is 25.1 Å². The third kappa shape index (κ3) is 3.71. The van der Waals surface area contributed by atoms with E-state index in [2.05, 4.69) is 0 Å². The molecule has 30 heavy (non-hydrogen) atoms. The van der Waals surface area contributed by atoms with E-state index in [0.717, 1.165) is 28.6 Å². The van der Waals surface area contributed by atoms with E-state index >= 15 is 0 Å². The van der Waals surface area contributed by atoms with Crippen LogP contribution in [0.1, 0.15) is 11.1 Å². The lowest BCUT2D eigenvalue weighted by atomic mass is 10.1. The molecule has 0 atom stereocenters. The first-order valence-corrected chi connectivity index (χ1v) is 11.2. The molecule has 0 aliphatic heterocycles. The Morgan fingerprint density at radius 2 is 1.90 bits per heavy atom. The molecule has 152 valence electrons. The molecule has 0 saturated heterocycles. The van der Waals surface area contributed by atoms with Crippen molar-refractivity contribution in [3.8, 4) is 11.4 Å². The molecule has 0 amide bonds. The van der Waals surface area contributed by atoms with Crippen molar-refractivity contribution in [1.29, 1.82) is 0 Å². The van der Waals surface area contributed by atoms with Crippen LogP contribution in [-0.4, -0.2) is 30.9 Å². The van der Waals surface area contributed by atoms with Gasteiger partial charge in [0.2, 0.25) is 0 Å². The smallest absolute Gasteiger partial charge is 0.313 e. The highest BCUT2D eigenvalue weighted by atomic mass is 32.2. The number of hydrogen-bond acceptors (Lipinski definition) is 6. The number of nitrogens with zero attached hydrogens (tertiary/aromatic N) is 3. The van der Waals surface area contributed by atoms with Gasteiger partial charge in [-0.25, -0.2) is 4.98 Å². The van der Waals surface area contributed by atoms with E-state index in [4.69, 9.17) is 22.3 Å². The molecule has 2 heterocycles. The van der Waals surface area contributed by atoms with Crippen LogP contribution in [0.25, 0.3) is 21.7 Å². The highest BCUT2D eigenvalue weighted by Crippen LogP contribution is 2.28. The van der Waals surface area contributed by atoms with Crippen LogP contribution in [0.5, 0.6) is 0 Å². The maximum atomic E-state index is 13.4. The Labute approximate surface area is 185 Å². The maximum absolute atomic E-state index is 13.4. The molecule has 0 aliphatic rings. The molecule has 0 radical (unpaired) electrons. The highest BCUT2D eigenvalue weighted by Gasteiger charge is 2.20. The minimum atomic E-state index is -0.981. The molecule has 2 aromatic carbocycles. The molecule has 0 saturated carbocycles. The van der Waals surface area contributed by atoms with Crippen LogP contribution < -0.4 is 5.56 Å². The van der Waals surface area contributed by atoms with Gasteiger partial charge < -0.3 is 5.11 Å². The van der Waals surface area contributed by atoms with Crippen molar-refractivity contribution in [2.24, 2.45) is 0 Å². The summed E-state index contributed by atoms with van der Waals surface area (Å²) in [5.74, 6) is -1.19. The number of rotatable bonds is 5. The largest absolute Gasteiger partial charge is 0.481 e. The van der Waals surface area contributed by atoms with Gasteiger partial charge in [0.05, 0.1) is 17.1 Å². The van der Waals surface area contributed by atoms with Crippen molar-refractivity contribution in [3.63, 3.8) is 0 Å². The van der Waals surface area contributed by atoms with Crippen molar-refractivity contribution in [3.05, 3.63) is 74.0 Å². The molecule has 6 nitrogen and oxygen atoms in total.